The van der Waals surface area contributed by atoms with E-state index in [9.17, 15) is 4.39 Å². The number of hydrogen-bond acceptors (Lipinski definition) is 2. The van der Waals surface area contributed by atoms with E-state index in [1.807, 2.05) is 0 Å². The zero-order valence-electron chi connectivity index (χ0n) is 12.7. The smallest absolute Gasteiger partial charge is 0.170 e. The Morgan fingerprint density at radius 2 is 2.19 bits per heavy atom. The van der Waals surface area contributed by atoms with Gasteiger partial charge in [-0.05, 0) is 57.6 Å². The first-order valence-corrected chi connectivity index (χ1v) is 8.04. The van der Waals surface area contributed by atoms with Crippen LogP contribution < -0.4 is 10.6 Å². The second kappa shape index (κ2) is 7.71. The van der Waals surface area contributed by atoms with Crippen LogP contribution in [0.1, 0.15) is 33.1 Å². The Morgan fingerprint density at radius 3 is 2.90 bits per heavy atom. The number of rotatable bonds is 4. The SMILES string of the molecule is CC1CCCCN1C(C)CNC(=S)Nc1ccccc1F. The molecule has 0 aromatic heterocycles. The van der Waals surface area contributed by atoms with Gasteiger partial charge in [-0.1, -0.05) is 18.6 Å². The number of benzene rings is 1. The molecule has 0 spiro atoms. The summed E-state index contributed by atoms with van der Waals surface area (Å²) in [4.78, 5) is 2.52. The van der Waals surface area contributed by atoms with Crippen molar-refractivity contribution in [2.45, 2.75) is 45.2 Å². The van der Waals surface area contributed by atoms with Crippen molar-refractivity contribution in [3.63, 3.8) is 0 Å². The van der Waals surface area contributed by atoms with E-state index in [1.165, 1.54) is 25.3 Å². The summed E-state index contributed by atoms with van der Waals surface area (Å²) in [6.45, 7) is 6.41. The molecular weight excluding hydrogens is 285 g/mol. The standard InChI is InChI=1S/C16H24FN3S/c1-12-7-5-6-10-20(12)13(2)11-18-16(21)19-15-9-4-3-8-14(15)17/h3-4,8-9,12-13H,5-7,10-11H2,1-2H3,(H2,18,19,21). The fourth-order valence-corrected chi connectivity index (χ4v) is 3.06. The molecule has 0 radical (unpaired) electrons. The summed E-state index contributed by atoms with van der Waals surface area (Å²) in [6.07, 6.45) is 3.86. The van der Waals surface area contributed by atoms with Gasteiger partial charge in [0.05, 0.1) is 5.69 Å². The van der Waals surface area contributed by atoms with Crippen molar-refractivity contribution in [3.8, 4) is 0 Å². The highest BCUT2D eigenvalue weighted by molar-refractivity contribution is 7.80. The molecule has 3 nitrogen and oxygen atoms in total. The summed E-state index contributed by atoms with van der Waals surface area (Å²) in [5.41, 5.74) is 0.411. The minimum Gasteiger partial charge on any atom is -0.361 e. The van der Waals surface area contributed by atoms with Gasteiger partial charge in [0.1, 0.15) is 5.82 Å². The number of nitrogens with zero attached hydrogens (tertiary/aromatic N) is 1. The molecule has 0 saturated carbocycles. The molecule has 1 heterocycles. The molecule has 1 aliphatic rings. The molecule has 1 aliphatic heterocycles. The summed E-state index contributed by atoms with van der Waals surface area (Å²) in [5.74, 6) is -0.292. The quantitative estimate of drug-likeness (QED) is 0.834. The molecule has 116 valence electrons. The van der Waals surface area contributed by atoms with Crippen LogP contribution in [-0.4, -0.2) is 35.2 Å². The fourth-order valence-electron chi connectivity index (χ4n) is 2.86. The van der Waals surface area contributed by atoms with Gasteiger partial charge >= 0.3 is 0 Å². The van der Waals surface area contributed by atoms with Crippen LogP contribution in [0.3, 0.4) is 0 Å². The lowest BCUT2D eigenvalue weighted by molar-refractivity contribution is 0.116. The highest BCUT2D eigenvalue weighted by atomic mass is 32.1. The van der Waals surface area contributed by atoms with Crippen molar-refractivity contribution in [2.24, 2.45) is 0 Å². The first-order chi connectivity index (χ1) is 10.1. The Labute approximate surface area is 131 Å². The molecule has 2 atom stereocenters. The van der Waals surface area contributed by atoms with Gasteiger partial charge < -0.3 is 10.6 Å². The molecule has 2 rings (SSSR count). The normalized spacial score (nSPS) is 20.8. The van der Waals surface area contributed by atoms with Crippen molar-refractivity contribution in [1.82, 2.24) is 10.2 Å². The first kappa shape index (κ1) is 16.2. The third kappa shape index (κ3) is 4.64. The van der Waals surface area contributed by atoms with Crippen LogP contribution in [0.2, 0.25) is 0 Å². The minimum absolute atomic E-state index is 0.292. The zero-order chi connectivity index (χ0) is 15.2. The average Bonchev–Trinajstić information content (AvgIpc) is 2.48. The van der Waals surface area contributed by atoms with Crippen molar-refractivity contribution in [2.75, 3.05) is 18.4 Å². The summed E-state index contributed by atoms with van der Waals surface area (Å²) in [7, 11) is 0. The van der Waals surface area contributed by atoms with E-state index in [4.69, 9.17) is 12.2 Å². The Bertz CT molecular complexity index is 480. The average molecular weight is 309 g/mol. The Balaban J connectivity index is 1.79. The van der Waals surface area contributed by atoms with Crippen LogP contribution in [0, 0.1) is 5.82 Å². The van der Waals surface area contributed by atoms with E-state index in [0.29, 0.717) is 22.9 Å². The van der Waals surface area contributed by atoms with Gasteiger partial charge in [-0.2, -0.15) is 0 Å². The second-order valence-electron chi connectivity index (χ2n) is 5.75. The Hall–Kier alpha value is -1.20. The molecule has 21 heavy (non-hydrogen) atoms. The molecule has 0 bridgehead atoms. The third-order valence-electron chi connectivity index (χ3n) is 4.10. The predicted molar refractivity (Wildman–Crippen MR) is 90.1 cm³/mol. The van der Waals surface area contributed by atoms with Gasteiger partial charge in [0.25, 0.3) is 0 Å². The second-order valence-corrected chi connectivity index (χ2v) is 6.15. The van der Waals surface area contributed by atoms with Gasteiger partial charge in [0.15, 0.2) is 5.11 Å². The van der Waals surface area contributed by atoms with Gasteiger partial charge in [-0.15, -0.1) is 0 Å². The van der Waals surface area contributed by atoms with E-state index in [2.05, 4.69) is 29.4 Å². The molecule has 2 unspecified atom stereocenters. The van der Waals surface area contributed by atoms with Crippen molar-refractivity contribution in [3.05, 3.63) is 30.1 Å². The van der Waals surface area contributed by atoms with Gasteiger partial charge in [-0.3, -0.25) is 4.90 Å². The molecule has 1 aromatic rings. The van der Waals surface area contributed by atoms with Crippen molar-refractivity contribution >= 4 is 23.0 Å². The summed E-state index contributed by atoms with van der Waals surface area (Å²) in [6, 6.07) is 7.59. The first-order valence-electron chi connectivity index (χ1n) is 7.63. The van der Waals surface area contributed by atoms with Gasteiger partial charge in [0.2, 0.25) is 0 Å². The molecule has 0 aliphatic carbocycles. The largest absolute Gasteiger partial charge is 0.361 e. The van der Waals surface area contributed by atoms with Crippen molar-refractivity contribution in [1.29, 1.82) is 0 Å². The minimum atomic E-state index is -0.292. The maximum atomic E-state index is 13.5. The van der Waals surface area contributed by atoms with Gasteiger partial charge in [0, 0.05) is 18.6 Å². The maximum absolute atomic E-state index is 13.5. The zero-order valence-corrected chi connectivity index (χ0v) is 13.5. The lowest BCUT2D eigenvalue weighted by Gasteiger charge is -2.38. The van der Waals surface area contributed by atoms with Crippen LogP contribution >= 0.6 is 12.2 Å². The van der Waals surface area contributed by atoms with Gasteiger partial charge in [-0.25, -0.2) is 4.39 Å². The van der Waals surface area contributed by atoms with E-state index in [-0.39, 0.29) is 5.82 Å². The number of piperidine rings is 1. The number of nitrogens with one attached hydrogen (secondary N) is 2. The number of anilines is 1. The summed E-state index contributed by atoms with van der Waals surface area (Å²) < 4.78 is 13.5. The molecule has 1 saturated heterocycles. The van der Waals surface area contributed by atoms with Crippen LogP contribution in [0.25, 0.3) is 0 Å². The summed E-state index contributed by atoms with van der Waals surface area (Å²) >= 11 is 5.24. The van der Waals surface area contributed by atoms with Crippen molar-refractivity contribution < 1.29 is 4.39 Å². The highest BCUT2D eigenvalue weighted by Crippen LogP contribution is 2.18. The molecule has 1 fully saturated rings. The topological polar surface area (TPSA) is 27.3 Å². The van der Waals surface area contributed by atoms with E-state index in [1.54, 1.807) is 18.2 Å². The number of hydrogen-bond donors (Lipinski definition) is 2. The monoisotopic (exact) mass is 309 g/mol. The molecule has 2 N–H and O–H groups in total. The van der Waals surface area contributed by atoms with Crippen LogP contribution in [-0.2, 0) is 0 Å². The van der Waals surface area contributed by atoms with Crippen LogP contribution in [0.4, 0.5) is 10.1 Å². The summed E-state index contributed by atoms with van der Waals surface area (Å²) in [5, 5.41) is 6.56. The molecular formula is C16H24FN3S. The maximum Gasteiger partial charge on any atom is 0.170 e. The third-order valence-corrected chi connectivity index (χ3v) is 4.35. The lowest BCUT2D eigenvalue weighted by atomic mass is 10.0. The molecule has 5 heteroatoms. The van der Waals surface area contributed by atoms with E-state index >= 15 is 0 Å². The van der Waals surface area contributed by atoms with Crippen LogP contribution in [0.5, 0.6) is 0 Å². The molecule has 1 aromatic carbocycles. The number of halogens is 1. The number of likely N-dealkylation sites (tertiary alicyclic amines) is 1. The van der Waals surface area contributed by atoms with Crippen LogP contribution in [0.15, 0.2) is 24.3 Å². The lowest BCUT2D eigenvalue weighted by Crippen LogP contribution is -2.49. The number of para-hydroxylation sites is 1. The predicted octanol–water partition coefficient (Wildman–Crippen LogP) is 3.38. The Morgan fingerprint density at radius 1 is 1.43 bits per heavy atom. The van der Waals surface area contributed by atoms with E-state index < -0.39 is 0 Å². The molecule has 0 amide bonds. The Kier molecular flexibility index (Phi) is 5.94. The highest BCUT2D eigenvalue weighted by Gasteiger charge is 2.22. The fraction of sp³-hybridized carbons (Fsp3) is 0.562. The van der Waals surface area contributed by atoms with E-state index in [0.717, 1.165) is 13.1 Å². The number of thiocarbonyl (C=S) groups is 1.